The van der Waals surface area contributed by atoms with Crippen LogP contribution < -0.4 is 9.73 Å². The van der Waals surface area contributed by atoms with Crippen LogP contribution in [0.2, 0.25) is 5.02 Å². The maximum atomic E-state index is 13.2. The lowest BCUT2D eigenvalue weighted by Crippen LogP contribution is -2.39. The van der Waals surface area contributed by atoms with Crippen molar-refractivity contribution in [3.8, 4) is 0 Å². The quantitative estimate of drug-likeness (QED) is 0.457. The molecule has 0 aliphatic heterocycles. The van der Waals surface area contributed by atoms with Gasteiger partial charge < -0.3 is 4.42 Å². The van der Waals surface area contributed by atoms with Crippen molar-refractivity contribution in [1.82, 2.24) is 5.43 Å². The largest absolute Gasteiger partial charge is 0.463 e. The number of sulfonamides is 1. The van der Waals surface area contributed by atoms with Gasteiger partial charge in [-0.1, -0.05) is 35.9 Å². The Balaban J connectivity index is 1.88. The third-order valence-electron chi connectivity index (χ3n) is 3.99. The van der Waals surface area contributed by atoms with E-state index in [0.717, 1.165) is 9.87 Å². The molecule has 0 bridgehead atoms. The van der Waals surface area contributed by atoms with Gasteiger partial charge in [0.05, 0.1) is 23.1 Å². The summed E-state index contributed by atoms with van der Waals surface area (Å²) in [6.07, 6.45) is 2.79. The van der Waals surface area contributed by atoms with Gasteiger partial charge in [-0.05, 0) is 48.9 Å². The number of aryl methyl sites for hydroxylation is 1. The van der Waals surface area contributed by atoms with Gasteiger partial charge in [-0.2, -0.15) is 5.10 Å². The van der Waals surface area contributed by atoms with E-state index < -0.39 is 22.5 Å². The van der Waals surface area contributed by atoms with Crippen LogP contribution in [0, 0.1) is 6.92 Å². The molecule has 1 heterocycles. The molecule has 3 aromatic rings. The molecule has 7 nitrogen and oxygen atoms in total. The Morgan fingerprint density at radius 3 is 2.59 bits per heavy atom. The minimum atomic E-state index is -4.00. The lowest BCUT2D eigenvalue weighted by atomic mass is 10.2. The number of hydrogen-bond donors (Lipinski definition) is 1. The topological polar surface area (TPSA) is 92.0 Å². The zero-order chi connectivity index (χ0) is 20.9. The van der Waals surface area contributed by atoms with Crippen LogP contribution in [0.15, 0.2) is 81.3 Å². The van der Waals surface area contributed by atoms with Gasteiger partial charge in [0.25, 0.3) is 15.9 Å². The summed E-state index contributed by atoms with van der Waals surface area (Å²) in [5, 5.41) is 4.18. The molecule has 3 rings (SSSR count). The Morgan fingerprint density at radius 1 is 1.17 bits per heavy atom. The third-order valence-corrected chi connectivity index (χ3v) is 6.18. The van der Waals surface area contributed by atoms with Gasteiger partial charge in [-0.3, -0.25) is 9.10 Å². The molecule has 0 saturated carbocycles. The van der Waals surface area contributed by atoms with E-state index >= 15 is 0 Å². The Bertz CT molecular complexity index is 1110. The second-order valence-electron chi connectivity index (χ2n) is 6.07. The molecule has 0 aliphatic rings. The van der Waals surface area contributed by atoms with Crippen molar-refractivity contribution < 1.29 is 17.6 Å². The first-order valence-corrected chi connectivity index (χ1v) is 10.4. The minimum absolute atomic E-state index is 0.0589. The van der Waals surface area contributed by atoms with Crippen LogP contribution in [0.25, 0.3) is 0 Å². The standard InChI is InChI=1S/C20H18ClN3O4S/c1-15-9-10-16(12-19(15)21)24(29(26,27)18-7-3-2-4-8-18)14-20(25)23-22-13-17-6-5-11-28-17/h2-13H,14H2,1H3,(H,23,25)/b22-13-. The van der Waals surface area contributed by atoms with Crippen LogP contribution in [0.4, 0.5) is 5.69 Å². The van der Waals surface area contributed by atoms with Crippen LogP contribution in [-0.4, -0.2) is 27.1 Å². The van der Waals surface area contributed by atoms with E-state index in [1.165, 1.54) is 30.7 Å². The summed E-state index contributed by atoms with van der Waals surface area (Å²) < 4.78 is 32.4. The van der Waals surface area contributed by atoms with Gasteiger partial charge in [0.2, 0.25) is 0 Å². The molecule has 0 atom stereocenters. The molecule has 2 aromatic carbocycles. The average Bonchev–Trinajstić information content (AvgIpc) is 3.22. The Kier molecular flexibility index (Phi) is 6.36. The average molecular weight is 432 g/mol. The number of hydrazone groups is 1. The summed E-state index contributed by atoms with van der Waals surface area (Å²) >= 11 is 6.18. The number of nitrogens with one attached hydrogen (secondary N) is 1. The molecule has 0 saturated heterocycles. The lowest BCUT2D eigenvalue weighted by molar-refractivity contribution is -0.119. The van der Waals surface area contributed by atoms with Crippen LogP contribution in [0.5, 0.6) is 0 Å². The highest BCUT2D eigenvalue weighted by molar-refractivity contribution is 7.92. The van der Waals surface area contributed by atoms with Crippen LogP contribution in [-0.2, 0) is 14.8 Å². The van der Waals surface area contributed by atoms with Crippen molar-refractivity contribution in [1.29, 1.82) is 0 Å². The normalized spacial score (nSPS) is 11.5. The molecule has 0 aliphatic carbocycles. The maximum absolute atomic E-state index is 13.2. The van der Waals surface area contributed by atoms with Crippen LogP contribution in [0.3, 0.4) is 0 Å². The molecular formula is C20H18ClN3O4S. The van der Waals surface area contributed by atoms with Gasteiger partial charge in [0.1, 0.15) is 12.3 Å². The predicted molar refractivity (Wildman–Crippen MR) is 112 cm³/mol. The Labute approximate surface area is 173 Å². The first kappa shape index (κ1) is 20.6. The zero-order valence-electron chi connectivity index (χ0n) is 15.4. The van der Waals surface area contributed by atoms with E-state index in [-0.39, 0.29) is 10.6 Å². The SMILES string of the molecule is Cc1ccc(N(CC(=O)N/N=C\c2ccco2)S(=O)(=O)c2ccccc2)cc1Cl. The van der Waals surface area contributed by atoms with Crippen molar-refractivity contribution >= 4 is 39.4 Å². The van der Waals surface area contributed by atoms with Crippen molar-refractivity contribution in [2.45, 2.75) is 11.8 Å². The fraction of sp³-hybridized carbons (Fsp3) is 0.100. The first-order valence-electron chi connectivity index (χ1n) is 8.57. The number of hydrogen-bond acceptors (Lipinski definition) is 5. The number of furan rings is 1. The monoisotopic (exact) mass is 431 g/mol. The summed E-state index contributed by atoms with van der Waals surface area (Å²) in [6, 6.07) is 16.0. The van der Waals surface area contributed by atoms with Crippen molar-refractivity contribution in [2.75, 3.05) is 10.8 Å². The highest BCUT2D eigenvalue weighted by Crippen LogP contribution is 2.27. The van der Waals surface area contributed by atoms with Crippen molar-refractivity contribution in [2.24, 2.45) is 5.10 Å². The number of anilines is 1. The van der Waals surface area contributed by atoms with E-state index in [0.29, 0.717) is 10.8 Å². The summed E-state index contributed by atoms with van der Waals surface area (Å²) in [5.41, 5.74) is 3.37. The molecule has 1 amide bonds. The molecule has 150 valence electrons. The highest BCUT2D eigenvalue weighted by Gasteiger charge is 2.27. The van der Waals surface area contributed by atoms with Crippen molar-refractivity contribution in [3.05, 3.63) is 83.3 Å². The number of amides is 1. The second-order valence-corrected chi connectivity index (χ2v) is 8.34. The number of carbonyl (C=O) groups excluding carboxylic acids is 1. The summed E-state index contributed by atoms with van der Waals surface area (Å²) in [4.78, 5) is 12.4. The maximum Gasteiger partial charge on any atom is 0.264 e. The van der Waals surface area contributed by atoms with Gasteiger partial charge >= 0.3 is 0 Å². The van der Waals surface area contributed by atoms with E-state index in [9.17, 15) is 13.2 Å². The van der Waals surface area contributed by atoms with Crippen LogP contribution in [0.1, 0.15) is 11.3 Å². The lowest BCUT2D eigenvalue weighted by Gasteiger charge is -2.24. The number of nitrogens with zero attached hydrogens (tertiary/aromatic N) is 2. The second kappa shape index (κ2) is 8.93. The van der Waals surface area contributed by atoms with E-state index in [1.807, 2.05) is 0 Å². The molecule has 0 unspecified atom stereocenters. The molecule has 0 radical (unpaired) electrons. The molecule has 9 heteroatoms. The van der Waals surface area contributed by atoms with Crippen LogP contribution >= 0.6 is 11.6 Å². The van der Waals surface area contributed by atoms with E-state index in [1.54, 1.807) is 49.4 Å². The molecule has 0 spiro atoms. The Hall–Kier alpha value is -3.10. The fourth-order valence-corrected chi connectivity index (χ4v) is 4.08. The molecule has 1 aromatic heterocycles. The van der Waals surface area contributed by atoms with E-state index in [2.05, 4.69) is 10.5 Å². The molecular weight excluding hydrogens is 414 g/mol. The smallest absolute Gasteiger partial charge is 0.264 e. The number of benzene rings is 2. The molecule has 1 N–H and O–H groups in total. The summed E-state index contributed by atoms with van der Waals surface area (Å²) in [7, 11) is -4.00. The van der Waals surface area contributed by atoms with Gasteiger partial charge in [0.15, 0.2) is 0 Å². The van der Waals surface area contributed by atoms with Crippen molar-refractivity contribution in [3.63, 3.8) is 0 Å². The fourth-order valence-electron chi connectivity index (χ4n) is 2.47. The zero-order valence-corrected chi connectivity index (χ0v) is 17.0. The van der Waals surface area contributed by atoms with Gasteiger partial charge in [0, 0.05) is 5.02 Å². The predicted octanol–water partition coefficient (Wildman–Crippen LogP) is 3.59. The Morgan fingerprint density at radius 2 is 1.93 bits per heavy atom. The number of halogens is 1. The third kappa shape index (κ3) is 5.04. The van der Waals surface area contributed by atoms with E-state index in [4.69, 9.17) is 16.0 Å². The van der Waals surface area contributed by atoms with Gasteiger partial charge in [-0.15, -0.1) is 0 Å². The molecule has 0 fully saturated rings. The first-order chi connectivity index (χ1) is 13.9. The highest BCUT2D eigenvalue weighted by atomic mass is 35.5. The number of rotatable bonds is 7. The van der Waals surface area contributed by atoms with Gasteiger partial charge in [-0.25, -0.2) is 13.8 Å². The summed E-state index contributed by atoms with van der Waals surface area (Å²) in [5.74, 6) is -0.173. The minimum Gasteiger partial charge on any atom is -0.463 e. The number of carbonyl (C=O) groups is 1. The molecule has 29 heavy (non-hydrogen) atoms. The summed E-state index contributed by atoms with van der Waals surface area (Å²) in [6.45, 7) is 1.32.